The first-order valence-corrected chi connectivity index (χ1v) is 12.0. The predicted molar refractivity (Wildman–Crippen MR) is 119 cm³/mol. The van der Waals surface area contributed by atoms with Crippen LogP contribution in [-0.4, -0.2) is 38.3 Å². The largest absolute Gasteiger partial charge is 0.491 e. The fraction of sp³-hybridized carbons (Fsp3) is 0.381. The van der Waals surface area contributed by atoms with E-state index < -0.39 is 10.0 Å². The Morgan fingerprint density at radius 1 is 1.17 bits per heavy atom. The van der Waals surface area contributed by atoms with Gasteiger partial charge in [-0.25, -0.2) is 8.42 Å². The van der Waals surface area contributed by atoms with Crippen LogP contribution in [0.2, 0.25) is 10.0 Å². The van der Waals surface area contributed by atoms with Gasteiger partial charge in [-0.3, -0.25) is 4.79 Å². The topological polar surface area (TPSA) is 75.7 Å². The van der Waals surface area contributed by atoms with E-state index in [2.05, 4.69) is 5.32 Å². The molecule has 1 heterocycles. The van der Waals surface area contributed by atoms with E-state index in [-0.39, 0.29) is 34.8 Å². The monoisotopic (exact) mass is 470 g/mol. The third-order valence-electron chi connectivity index (χ3n) is 4.94. The van der Waals surface area contributed by atoms with Crippen LogP contribution in [0.3, 0.4) is 0 Å². The summed E-state index contributed by atoms with van der Waals surface area (Å²) in [5.74, 6) is 0.203. The molecule has 162 valence electrons. The maximum absolute atomic E-state index is 12.9. The van der Waals surface area contributed by atoms with E-state index in [0.717, 1.165) is 6.42 Å². The molecule has 1 fully saturated rings. The van der Waals surface area contributed by atoms with Crippen molar-refractivity contribution in [2.45, 2.75) is 31.1 Å². The second-order valence-corrected chi connectivity index (χ2v) is 9.84. The number of anilines is 1. The summed E-state index contributed by atoms with van der Waals surface area (Å²) in [4.78, 5) is 12.7. The van der Waals surface area contributed by atoms with E-state index >= 15 is 0 Å². The Kier molecular flexibility index (Phi) is 7.63. The minimum absolute atomic E-state index is 0.0124. The molecule has 1 aliphatic rings. The van der Waals surface area contributed by atoms with Crippen LogP contribution in [0.5, 0.6) is 5.75 Å². The van der Waals surface area contributed by atoms with Crippen molar-refractivity contribution in [1.82, 2.24) is 4.31 Å². The minimum atomic E-state index is -3.77. The van der Waals surface area contributed by atoms with Gasteiger partial charge in [0.25, 0.3) is 0 Å². The average Bonchev–Trinajstić information content (AvgIpc) is 2.74. The van der Waals surface area contributed by atoms with Crippen LogP contribution in [0.15, 0.2) is 47.4 Å². The molecule has 1 aliphatic heterocycles. The number of amides is 1. The minimum Gasteiger partial charge on any atom is -0.491 e. The number of rotatable bonds is 7. The molecule has 6 nitrogen and oxygen atoms in total. The van der Waals surface area contributed by atoms with Crippen LogP contribution >= 0.6 is 23.2 Å². The van der Waals surface area contributed by atoms with Gasteiger partial charge in [-0.1, -0.05) is 42.3 Å². The zero-order valence-electron chi connectivity index (χ0n) is 16.6. The lowest BCUT2D eigenvalue weighted by molar-refractivity contribution is -0.120. The molecule has 2 aromatic carbocycles. The number of ether oxygens (including phenoxy) is 1. The van der Waals surface area contributed by atoms with Crippen LogP contribution in [-0.2, 0) is 14.8 Å². The number of hydrogen-bond acceptors (Lipinski definition) is 4. The number of para-hydroxylation sites is 2. The van der Waals surface area contributed by atoms with Gasteiger partial charge in [-0.05, 0) is 49.6 Å². The second-order valence-electron chi connectivity index (χ2n) is 7.09. The van der Waals surface area contributed by atoms with E-state index in [0.29, 0.717) is 35.9 Å². The lowest BCUT2D eigenvalue weighted by Crippen LogP contribution is -2.41. The molecule has 3 rings (SSSR count). The van der Waals surface area contributed by atoms with Gasteiger partial charge < -0.3 is 10.1 Å². The highest BCUT2D eigenvalue weighted by Crippen LogP contribution is 2.31. The SMILES string of the molecule is CCCOc1ccccc1NC(=O)C1CCN(S(=O)(=O)c2cc(Cl)ccc2Cl)CC1. The van der Waals surface area contributed by atoms with E-state index in [9.17, 15) is 13.2 Å². The molecule has 2 aromatic rings. The number of sulfonamides is 1. The third kappa shape index (κ3) is 5.27. The normalized spacial score (nSPS) is 15.7. The quantitative estimate of drug-likeness (QED) is 0.628. The van der Waals surface area contributed by atoms with Crippen molar-refractivity contribution in [3.8, 4) is 5.75 Å². The highest BCUT2D eigenvalue weighted by atomic mass is 35.5. The number of piperidine rings is 1. The summed E-state index contributed by atoms with van der Waals surface area (Å²) in [5, 5.41) is 3.35. The molecule has 9 heteroatoms. The van der Waals surface area contributed by atoms with Crippen LogP contribution in [0, 0.1) is 5.92 Å². The summed E-state index contributed by atoms with van der Waals surface area (Å²) in [7, 11) is -3.77. The van der Waals surface area contributed by atoms with Gasteiger partial charge >= 0.3 is 0 Å². The zero-order valence-corrected chi connectivity index (χ0v) is 18.9. The molecule has 0 saturated carbocycles. The number of benzene rings is 2. The molecule has 0 radical (unpaired) electrons. The first kappa shape index (κ1) is 22.9. The first-order valence-electron chi connectivity index (χ1n) is 9.81. The molecule has 0 unspecified atom stereocenters. The summed E-state index contributed by atoms with van der Waals surface area (Å²) in [6.45, 7) is 3.04. The van der Waals surface area contributed by atoms with Crippen molar-refractivity contribution in [2.75, 3.05) is 25.0 Å². The number of carbonyl (C=O) groups is 1. The van der Waals surface area contributed by atoms with Gasteiger partial charge in [0.1, 0.15) is 10.6 Å². The summed E-state index contributed by atoms with van der Waals surface area (Å²) < 4.78 is 32.9. The maximum atomic E-state index is 12.9. The molecule has 0 spiro atoms. The summed E-state index contributed by atoms with van der Waals surface area (Å²) in [6, 6.07) is 11.7. The number of halogens is 2. The molecule has 0 aliphatic carbocycles. The van der Waals surface area contributed by atoms with Crippen LogP contribution in [0.4, 0.5) is 5.69 Å². The van der Waals surface area contributed by atoms with E-state index in [1.165, 1.54) is 16.4 Å². The molecule has 0 atom stereocenters. The van der Waals surface area contributed by atoms with Crippen LogP contribution < -0.4 is 10.1 Å². The van der Waals surface area contributed by atoms with Gasteiger partial charge in [-0.15, -0.1) is 0 Å². The van der Waals surface area contributed by atoms with E-state index in [4.69, 9.17) is 27.9 Å². The number of hydrogen-bond donors (Lipinski definition) is 1. The lowest BCUT2D eigenvalue weighted by Gasteiger charge is -2.31. The second kappa shape index (κ2) is 10.0. The van der Waals surface area contributed by atoms with Crippen LogP contribution in [0.1, 0.15) is 26.2 Å². The molecule has 1 N–H and O–H groups in total. The highest BCUT2D eigenvalue weighted by Gasteiger charge is 2.33. The van der Waals surface area contributed by atoms with E-state index in [1.54, 1.807) is 12.1 Å². The third-order valence-corrected chi connectivity index (χ3v) is 7.56. The summed E-state index contributed by atoms with van der Waals surface area (Å²) in [6.07, 6.45) is 1.70. The zero-order chi connectivity index (χ0) is 21.7. The average molecular weight is 471 g/mol. The molecule has 1 amide bonds. The van der Waals surface area contributed by atoms with Gasteiger partial charge in [0, 0.05) is 24.0 Å². The van der Waals surface area contributed by atoms with Crippen molar-refractivity contribution < 1.29 is 17.9 Å². The Hall–Kier alpha value is -1.80. The van der Waals surface area contributed by atoms with Crippen molar-refractivity contribution in [1.29, 1.82) is 0 Å². The first-order chi connectivity index (χ1) is 14.3. The molecule has 0 aromatic heterocycles. The smallest absolute Gasteiger partial charge is 0.244 e. The summed E-state index contributed by atoms with van der Waals surface area (Å²) >= 11 is 12.0. The fourth-order valence-corrected chi connectivity index (χ4v) is 5.52. The van der Waals surface area contributed by atoms with E-state index in [1.807, 2.05) is 25.1 Å². The van der Waals surface area contributed by atoms with Crippen LogP contribution in [0.25, 0.3) is 0 Å². The predicted octanol–water partition coefficient (Wildman–Crippen LogP) is 4.82. The standard InChI is InChI=1S/C21H24Cl2N2O4S/c1-2-13-29-19-6-4-3-5-18(19)24-21(26)15-9-11-25(12-10-15)30(27,28)20-14-16(22)7-8-17(20)23/h3-8,14-15H,2,9-13H2,1H3,(H,24,26). The molecular weight excluding hydrogens is 447 g/mol. The van der Waals surface area contributed by atoms with Gasteiger partial charge in [0.15, 0.2) is 0 Å². The van der Waals surface area contributed by atoms with Gasteiger partial charge in [-0.2, -0.15) is 4.31 Å². The molecule has 30 heavy (non-hydrogen) atoms. The highest BCUT2D eigenvalue weighted by molar-refractivity contribution is 7.89. The van der Waals surface area contributed by atoms with Crippen molar-refractivity contribution in [3.05, 3.63) is 52.5 Å². The van der Waals surface area contributed by atoms with Crippen molar-refractivity contribution in [2.24, 2.45) is 5.92 Å². The van der Waals surface area contributed by atoms with Gasteiger partial charge in [0.05, 0.1) is 17.3 Å². The van der Waals surface area contributed by atoms with Crippen molar-refractivity contribution >= 4 is 44.8 Å². The number of nitrogens with zero attached hydrogens (tertiary/aromatic N) is 1. The Morgan fingerprint density at radius 3 is 2.57 bits per heavy atom. The van der Waals surface area contributed by atoms with Crippen molar-refractivity contribution in [3.63, 3.8) is 0 Å². The fourth-order valence-electron chi connectivity index (χ4n) is 3.31. The molecule has 1 saturated heterocycles. The Labute approximate surface area is 187 Å². The Morgan fingerprint density at radius 2 is 1.87 bits per heavy atom. The molecule has 0 bridgehead atoms. The lowest BCUT2D eigenvalue weighted by atomic mass is 9.97. The summed E-state index contributed by atoms with van der Waals surface area (Å²) in [5.41, 5.74) is 0.622. The molecular formula is C21H24Cl2N2O4S. The maximum Gasteiger partial charge on any atom is 0.244 e. The number of carbonyl (C=O) groups excluding carboxylic acids is 1. The van der Waals surface area contributed by atoms with Gasteiger partial charge in [0.2, 0.25) is 15.9 Å². The Bertz CT molecular complexity index is 1010. The number of nitrogens with one attached hydrogen (secondary N) is 1. The Balaban J connectivity index is 1.64.